The van der Waals surface area contributed by atoms with E-state index >= 15 is 0 Å². The Balaban J connectivity index is 0.00000256. The fraction of sp³-hybridized carbons (Fsp3) is 0.600. The van der Waals surface area contributed by atoms with E-state index < -0.39 is 0 Å². The minimum atomic E-state index is 0. The summed E-state index contributed by atoms with van der Waals surface area (Å²) >= 11 is 0. The fourth-order valence-corrected chi connectivity index (χ4v) is 1.99. The number of phenols is 1. The molecule has 1 aromatic carbocycles. The van der Waals surface area contributed by atoms with Crippen LogP contribution in [0.1, 0.15) is 57.4 Å². The molecule has 0 unspecified atom stereocenters. The number of hydrogen-bond donors (Lipinski definition) is 1. The van der Waals surface area contributed by atoms with Gasteiger partial charge in [-0.2, -0.15) is 0 Å². The Kier molecular flexibility index (Phi) is 11.6. The third-order valence-electron chi connectivity index (χ3n) is 3.04. The van der Waals surface area contributed by atoms with Crippen molar-refractivity contribution in [3.8, 4) is 5.75 Å². The van der Waals surface area contributed by atoms with Crippen LogP contribution in [0, 0.1) is 0 Å². The van der Waals surface area contributed by atoms with Crippen LogP contribution in [-0.4, -0.2) is 42.8 Å². The second kappa shape index (κ2) is 11.4. The Morgan fingerprint density at radius 3 is 2.12 bits per heavy atom. The Bertz CT molecular complexity index is 286. The summed E-state index contributed by atoms with van der Waals surface area (Å²) in [7, 11) is 0. The van der Waals surface area contributed by atoms with E-state index in [1.54, 1.807) is 6.07 Å². The summed E-state index contributed by atoms with van der Waals surface area (Å²) in [5.41, 5.74) is 1.09. The Hall–Kier alpha value is 0.280. The molecule has 0 amide bonds. The van der Waals surface area contributed by atoms with E-state index in [2.05, 4.69) is 6.92 Å². The Morgan fingerprint density at radius 1 is 0.882 bits per heavy atom. The first-order valence-corrected chi connectivity index (χ1v) is 6.61. The van der Waals surface area contributed by atoms with Gasteiger partial charge >= 0.3 is 37.7 Å². The molecule has 0 saturated heterocycles. The normalized spacial score (nSPS) is 9.94. The van der Waals surface area contributed by atoms with Crippen molar-refractivity contribution >= 4 is 37.7 Å². The number of benzene rings is 1. The van der Waals surface area contributed by atoms with Gasteiger partial charge in [-0.1, -0.05) is 63.6 Å². The second-order valence-electron chi connectivity index (χ2n) is 4.50. The van der Waals surface area contributed by atoms with Crippen LogP contribution < -0.4 is 0 Å². The molecule has 0 bridgehead atoms. The zero-order valence-electron chi connectivity index (χ0n) is 10.4. The molecular formula is C15H26CaO. The van der Waals surface area contributed by atoms with Crippen LogP contribution in [0.4, 0.5) is 0 Å². The average molecular weight is 262 g/mol. The first-order valence-electron chi connectivity index (χ1n) is 6.61. The summed E-state index contributed by atoms with van der Waals surface area (Å²) in [6.07, 6.45) is 10.3. The molecule has 0 fully saturated rings. The van der Waals surface area contributed by atoms with Gasteiger partial charge in [-0.25, -0.2) is 0 Å². The number of aromatic hydroxyl groups is 1. The average Bonchev–Trinajstić information content (AvgIpc) is 2.30. The zero-order valence-corrected chi connectivity index (χ0v) is 10.4. The molecule has 0 heterocycles. The third-order valence-corrected chi connectivity index (χ3v) is 3.04. The molecule has 0 atom stereocenters. The minimum absolute atomic E-state index is 0. The van der Waals surface area contributed by atoms with Crippen molar-refractivity contribution < 1.29 is 5.11 Å². The van der Waals surface area contributed by atoms with Crippen molar-refractivity contribution in [2.24, 2.45) is 0 Å². The summed E-state index contributed by atoms with van der Waals surface area (Å²) in [6.45, 7) is 2.25. The van der Waals surface area contributed by atoms with E-state index in [9.17, 15) is 5.11 Å². The molecule has 2 heteroatoms. The van der Waals surface area contributed by atoms with E-state index in [4.69, 9.17) is 0 Å². The molecule has 94 valence electrons. The monoisotopic (exact) mass is 262 g/mol. The van der Waals surface area contributed by atoms with Crippen molar-refractivity contribution in [2.75, 3.05) is 0 Å². The van der Waals surface area contributed by atoms with Gasteiger partial charge in [-0.3, -0.25) is 0 Å². The van der Waals surface area contributed by atoms with Crippen LogP contribution in [-0.2, 0) is 6.42 Å². The van der Waals surface area contributed by atoms with E-state index in [0.717, 1.165) is 12.0 Å². The topological polar surface area (TPSA) is 20.2 Å². The van der Waals surface area contributed by atoms with Crippen molar-refractivity contribution in [1.82, 2.24) is 0 Å². The van der Waals surface area contributed by atoms with Gasteiger partial charge in [0.25, 0.3) is 0 Å². The quantitative estimate of drug-likeness (QED) is 0.558. The first-order chi connectivity index (χ1) is 7.84. The molecule has 1 aromatic rings. The zero-order chi connectivity index (χ0) is 11.6. The number of para-hydroxylation sites is 1. The van der Waals surface area contributed by atoms with Gasteiger partial charge in [0.1, 0.15) is 5.75 Å². The number of rotatable bonds is 8. The predicted molar refractivity (Wildman–Crippen MR) is 78.3 cm³/mol. The van der Waals surface area contributed by atoms with E-state index in [1.807, 2.05) is 18.2 Å². The summed E-state index contributed by atoms with van der Waals surface area (Å²) in [5.74, 6) is 0.452. The van der Waals surface area contributed by atoms with Crippen LogP contribution in [0.3, 0.4) is 0 Å². The van der Waals surface area contributed by atoms with Gasteiger partial charge in [0.05, 0.1) is 0 Å². The van der Waals surface area contributed by atoms with Crippen LogP contribution >= 0.6 is 0 Å². The molecule has 0 spiro atoms. The van der Waals surface area contributed by atoms with Crippen molar-refractivity contribution in [1.29, 1.82) is 0 Å². The molecule has 1 nitrogen and oxygen atoms in total. The van der Waals surface area contributed by atoms with E-state index in [1.165, 1.54) is 44.9 Å². The Morgan fingerprint density at radius 2 is 1.47 bits per heavy atom. The molecular weight excluding hydrogens is 236 g/mol. The maximum atomic E-state index is 9.58. The Labute approximate surface area is 136 Å². The van der Waals surface area contributed by atoms with Crippen LogP contribution in [0.25, 0.3) is 0 Å². The van der Waals surface area contributed by atoms with Crippen LogP contribution in [0.2, 0.25) is 0 Å². The van der Waals surface area contributed by atoms with Gasteiger partial charge in [0.2, 0.25) is 0 Å². The summed E-state index contributed by atoms with van der Waals surface area (Å²) in [4.78, 5) is 0. The molecule has 17 heavy (non-hydrogen) atoms. The van der Waals surface area contributed by atoms with Gasteiger partial charge in [-0.05, 0) is 24.5 Å². The van der Waals surface area contributed by atoms with Crippen LogP contribution in [0.15, 0.2) is 24.3 Å². The molecule has 0 saturated carbocycles. The first kappa shape index (κ1) is 17.3. The van der Waals surface area contributed by atoms with Gasteiger partial charge < -0.3 is 5.11 Å². The van der Waals surface area contributed by atoms with E-state index in [0.29, 0.717) is 5.75 Å². The molecule has 0 aliphatic heterocycles. The van der Waals surface area contributed by atoms with Crippen molar-refractivity contribution in [2.45, 2.75) is 58.3 Å². The predicted octanol–water partition coefficient (Wildman–Crippen LogP) is 3.77. The number of aryl methyl sites for hydroxylation is 1. The molecule has 1 N–H and O–H groups in total. The third kappa shape index (κ3) is 8.07. The number of phenolic OH excluding ortho intramolecular Hbond substituents is 1. The van der Waals surface area contributed by atoms with Gasteiger partial charge in [0, 0.05) is 0 Å². The molecule has 0 radical (unpaired) electrons. The fourth-order valence-electron chi connectivity index (χ4n) is 1.99. The molecule has 0 aliphatic rings. The second-order valence-corrected chi connectivity index (χ2v) is 4.50. The number of hydrogen-bond acceptors (Lipinski definition) is 1. The van der Waals surface area contributed by atoms with E-state index in [-0.39, 0.29) is 37.7 Å². The SMILES string of the molecule is CCCCCCCCCc1ccccc1O.[CaH2]. The molecule has 1 rings (SSSR count). The molecule has 0 aliphatic carbocycles. The maximum absolute atomic E-state index is 9.58. The van der Waals surface area contributed by atoms with Gasteiger partial charge in [0.15, 0.2) is 0 Å². The summed E-state index contributed by atoms with van der Waals surface area (Å²) < 4.78 is 0. The standard InChI is InChI=1S/C15H24O.Ca.2H/c1-2-3-4-5-6-7-8-11-14-12-9-10-13-15(14)16;;;/h9-10,12-13,16H,2-8,11H2,1H3;;;. The van der Waals surface area contributed by atoms with Crippen LogP contribution in [0.5, 0.6) is 5.75 Å². The van der Waals surface area contributed by atoms with Crippen molar-refractivity contribution in [3.63, 3.8) is 0 Å². The van der Waals surface area contributed by atoms with Gasteiger partial charge in [-0.15, -0.1) is 0 Å². The number of unbranched alkanes of at least 4 members (excludes halogenated alkanes) is 6. The molecule has 0 aromatic heterocycles. The van der Waals surface area contributed by atoms with Crippen molar-refractivity contribution in [3.05, 3.63) is 29.8 Å². The summed E-state index contributed by atoms with van der Waals surface area (Å²) in [6, 6.07) is 7.67. The summed E-state index contributed by atoms with van der Waals surface area (Å²) in [5, 5.41) is 9.58.